The number of hydrogen-bond donors (Lipinski definition) is 4. The van der Waals surface area contributed by atoms with Gasteiger partial charge in [-0.1, -0.05) is 109 Å². The number of amides is 6. The maximum absolute atomic E-state index is 14.2. The summed E-state index contributed by atoms with van der Waals surface area (Å²) in [5.74, 6) is 1.06. The van der Waals surface area contributed by atoms with E-state index in [0.29, 0.717) is 37.8 Å². The third-order valence-electron chi connectivity index (χ3n) is 12.2. The number of carbonyl (C=O) groups is 4. The summed E-state index contributed by atoms with van der Waals surface area (Å²) in [6.07, 6.45) is 6.75. The highest BCUT2D eigenvalue weighted by Gasteiger charge is 2.41. The number of nitrogens with two attached hydrogens (primary N) is 2. The molecule has 4 aromatic carbocycles. The minimum atomic E-state index is -0.824. The number of urea groups is 2. The Bertz CT molecular complexity index is 2330. The average Bonchev–Trinajstić information content (AvgIpc) is 4.15. The van der Waals surface area contributed by atoms with Crippen LogP contribution >= 0.6 is 0 Å². The molecule has 0 bridgehead atoms. The summed E-state index contributed by atoms with van der Waals surface area (Å²) in [6, 6.07) is 31.7. The first kappa shape index (κ1) is 41.5. The number of nitrogens with one attached hydrogen (secondary N) is 2. The Morgan fingerprint density at radius 2 is 0.935 bits per heavy atom. The Kier molecular flexibility index (Phi) is 12.2. The van der Waals surface area contributed by atoms with Gasteiger partial charge < -0.3 is 41.0 Å². The predicted octanol–water partition coefficient (Wildman–Crippen LogP) is 7.74. The topological polar surface area (TPSA) is 191 Å². The number of benzene rings is 4. The summed E-state index contributed by atoms with van der Waals surface area (Å²) in [7, 11) is 0. The van der Waals surface area contributed by atoms with Crippen molar-refractivity contribution in [3.05, 3.63) is 144 Å². The average molecular weight is 833 g/mol. The van der Waals surface area contributed by atoms with Crippen molar-refractivity contribution in [1.82, 2.24) is 39.5 Å². The van der Waals surface area contributed by atoms with E-state index in [1.807, 2.05) is 84.3 Å². The molecule has 0 saturated carbocycles. The van der Waals surface area contributed by atoms with Gasteiger partial charge >= 0.3 is 12.1 Å². The monoisotopic (exact) mass is 832 g/mol. The largest absolute Gasteiger partial charge is 0.351 e. The Hall–Kier alpha value is -7.22. The molecule has 6 aromatic rings. The van der Waals surface area contributed by atoms with E-state index >= 15 is 0 Å². The Morgan fingerprint density at radius 1 is 0.581 bits per heavy atom. The molecule has 6 amide bonds. The zero-order chi connectivity index (χ0) is 43.3. The number of hydrogen-bond acceptors (Lipinski definition) is 6. The second kappa shape index (κ2) is 18.2. The summed E-state index contributed by atoms with van der Waals surface area (Å²) in [5, 5.41) is 0. The van der Waals surface area contributed by atoms with Gasteiger partial charge in [-0.05, 0) is 72.9 Å². The molecule has 0 radical (unpaired) electrons. The quantitative estimate of drug-likeness (QED) is 0.0920. The van der Waals surface area contributed by atoms with Crippen molar-refractivity contribution in [3.8, 4) is 33.6 Å². The smallest absolute Gasteiger partial charge is 0.315 e. The molecule has 14 heteroatoms. The number of imidazole rings is 2. The SMILES string of the molecule is CCN(C(N)=O)[C@@H](C(=O)N1CCCC1c1ncc(-c2ccc(-c3ccc(-c4cnc(C5CCCN5C(=O)[C@@H](c5ccccc5)N(CC)C(N)=O)[nH]4)cc3)cc2)[nH]1)c1ccccc1. The lowest BCUT2D eigenvalue weighted by atomic mass is 10.0. The first-order chi connectivity index (χ1) is 30.2. The van der Waals surface area contributed by atoms with E-state index in [0.717, 1.165) is 70.5 Å². The van der Waals surface area contributed by atoms with Crippen molar-refractivity contribution < 1.29 is 19.2 Å². The number of H-pyrrole nitrogens is 2. The number of primary amides is 2. The van der Waals surface area contributed by atoms with Gasteiger partial charge in [-0.3, -0.25) is 9.59 Å². The maximum Gasteiger partial charge on any atom is 0.315 e. The zero-order valence-corrected chi connectivity index (χ0v) is 35.0. The molecule has 6 N–H and O–H groups in total. The van der Waals surface area contributed by atoms with E-state index in [1.165, 1.54) is 9.80 Å². The van der Waals surface area contributed by atoms with Gasteiger partial charge in [-0.25, -0.2) is 19.6 Å². The summed E-state index contributed by atoms with van der Waals surface area (Å²) >= 11 is 0. The standard InChI is InChI=1S/C48H52N10O4/c1-3-55(47(49)61)41(35-13-7-5-8-14-35)45(59)57-27-11-17-39(57)43-51-29-37(53-43)33-23-19-31(20-24-33)32-21-25-34(26-22-32)38-30-52-44(54-38)40-18-12-28-58(40)46(60)42(56(4-2)48(50)62)36-15-9-6-10-16-36/h5-10,13-16,19-26,29-30,39-42H,3-4,11-12,17-18,27-28H2,1-2H3,(H2,49,61)(H2,50,62)(H,51,53)(H,52,54)/t39?,40?,41-,42-/m1/s1. The molecule has 62 heavy (non-hydrogen) atoms. The summed E-state index contributed by atoms with van der Waals surface area (Å²) in [5.41, 5.74) is 18.7. The highest BCUT2D eigenvalue weighted by atomic mass is 16.2. The second-order valence-corrected chi connectivity index (χ2v) is 15.8. The zero-order valence-electron chi connectivity index (χ0n) is 35.0. The van der Waals surface area contributed by atoms with Crippen molar-refractivity contribution in [2.75, 3.05) is 26.2 Å². The van der Waals surface area contributed by atoms with E-state index < -0.39 is 24.1 Å². The van der Waals surface area contributed by atoms with Crippen molar-refractivity contribution in [2.45, 2.75) is 63.7 Å². The van der Waals surface area contributed by atoms with Crippen molar-refractivity contribution >= 4 is 23.9 Å². The minimum absolute atomic E-state index is 0.174. The van der Waals surface area contributed by atoms with E-state index in [2.05, 4.69) is 58.5 Å². The minimum Gasteiger partial charge on any atom is -0.351 e. The Balaban J connectivity index is 0.943. The number of rotatable bonds is 13. The molecule has 4 atom stereocenters. The third-order valence-corrected chi connectivity index (χ3v) is 12.2. The van der Waals surface area contributed by atoms with Gasteiger partial charge in [0.2, 0.25) is 0 Å². The molecule has 0 spiro atoms. The molecule has 2 unspecified atom stereocenters. The van der Waals surface area contributed by atoms with Gasteiger partial charge in [0.1, 0.15) is 23.7 Å². The maximum atomic E-state index is 14.2. The van der Waals surface area contributed by atoms with Crippen LogP contribution in [0.4, 0.5) is 9.59 Å². The van der Waals surface area contributed by atoms with Crippen LogP contribution in [0.2, 0.25) is 0 Å². The van der Waals surface area contributed by atoms with E-state index in [-0.39, 0.29) is 23.9 Å². The Morgan fingerprint density at radius 3 is 1.27 bits per heavy atom. The molecule has 4 heterocycles. The van der Waals surface area contributed by atoms with E-state index in [9.17, 15) is 19.2 Å². The lowest BCUT2D eigenvalue weighted by Crippen LogP contribution is -2.47. The molecule has 8 rings (SSSR count). The summed E-state index contributed by atoms with van der Waals surface area (Å²) in [6.45, 7) is 5.36. The van der Waals surface area contributed by atoms with Gasteiger partial charge in [0.25, 0.3) is 11.8 Å². The predicted molar refractivity (Wildman–Crippen MR) is 237 cm³/mol. The number of likely N-dealkylation sites (tertiary alicyclic amines) is 2. The molecule has 2 fully saturated rings. The van der Waals surface area contributed by atoms with Crippen LogP contribution in [0.15, 0.2) is 122 Å². The van der Waals surface area contributed by atoms with Gasteiger partial charge in [0.15, 0.2) is 0 Å². The molecule has 2 aliphatic rings. The van der Waals surface area contributed by atoms with Crippen LogP contribution in [0.1, 0.15) is 86.5 Å². The highest BCUT2D eigenvalue weighted by Crippen LogP contribution is 2.38. The Labute approximate surface area is 360 Å². The van der Waals surface area contributed by atoms with Crippen LogP contribution in [0, 0.1) is 0 Å². The lowest BCUT2D eigenvalue weighted by Gasteiger charge is -2.34. The van der Waals surface area contributed by atoms with Crippen molar-refractivity contribution in [2.24, 2.45) is 11.5 Å². The summed E-state index contributed by atoms with van der Waals surface area (Å²) < 4.78 is 0. The van der Waals surface area contributed by atoms with Crippen LogP contribution in [-0.2, 0) is 9.59 Å². The third kappa shape index (κ3) is 8.27. The molecule has 14 nitrogen and oxygen atoms in total. The van der Waals surface area contributed by atoms with Crippen LogP contribution in [0.3, 0.4) is 0 Å². The number of carbonyl (C=O) groups excluding carboxylic acids is 4. The van der Waals surface area contributed by atoms with E-state index in [4.69, 9.17) is 21.4 Å². The fraction of sp³-hybridized carbons (Fsp3) is 0.292. The summed E-state index contributed by atoms with van der Waals surface area (Å²) in [4.78, 5) is 76.2. The van der Waals surface area contributed by atoms with E-state index in [1.54, 1.807) is 12.4 Å². The molecular formula is C48H52N10O4. The molecule has 2 aromatic heterocycles. The molecular weight excluding hydrogens is 781 g/mol. The highest BCUT2D eigenvalue weighted by molar-refractivity contribution is 5.89. The van der Waals surface area contributed by atoms with Crippen LogP contribution in [-0.4, -0.2) is 89.6 Å². The van der Waals surface area contributed by atoms with Gasteiger partial charge in [0, 0.05) is 26.2 Å². The van der Waals surface area contributed by atoms with Gasteiger partial charge in [-0.15, -0.1) is 0 Å². The van der Waals surface area contributed by atoms with Crippen LogP contribution < -0.4 is 11.5 Å². The molecule has 0 aliphatic carbocycles. The number of aromatic nitrogens is 4. The first-order valence-electron chi connectivity index (χ1n) is 21.3. The normalized spacial score (nSPS) is 17.1. The van der Waals surface area contributed by atoms with Crippen molar-refractivity contribution in [3.63, 3.8) is 0 Å². The lowest BCUT2D eigenvalue weighted by molar-refractivity contribution is -0.138. The van der Waals surface area contributed by atoms with Gasteiger partial charge in [-0.2, -0.15) is 0 Å². The molecule has 2 aliphatic heterocycles. The fourth-order valence-corrected chi connectivity index (χ4v) is 9.05. The second-order valence-electron chi connectivity index (χ2n) is 15.8. The van der Waals surface area contributed by atoms with Crippen LogP contribution in [0.25, 0.3) is 33.6 Å². The molecule has 2 saturated heterocycles. The number of likely N-dealkylation sites (N-methyl/N-ethyl adjacent to an activating group) is 2. The number of aromatic amines is 2. The first-order valence-corrected chi connectivity index (χ1v) is 21.3. The van der Waals surface area contributed by atoms with Gasteiger partial charge in [0.05, 0.1) is 35.9 Å². The molecule has 318 valence electrons. The van der Waals surface area contributed by atoms with Crippen LogP contribution in [0.5, 0.6) is 0 Å². The van der Waals surface area contributed by atoms with Crippen molar-refractivity contribution in [1.29, 1.82) is 0 Å². The number of nitrogens with zero attached hydrogens (tertiary/aromatic N) is 6. The fourth-order valence-electron chi connectivity index (χ4n) is 9.05.